The average molecular weight is 187 g/mol. The molecule has 1 atom stereocenters. The molecular weight excluding hydrogens is 176 g/mol. The van der Waals surface area contributed by atoms with Gasteiger partial charge in [0.1, 0.15) is 12.5 Å². The highest BCUT2D eigenvalue weighted by atomic mass is 35.5. The second-order valence-electron chi connectivity index (χ2n) is 2.98. The number of hydrogen-bond acceptors (Lipinski definition) is 4. The summed E-state index contributed by atoms with van der Waals surface area (Å²) in [7, 11) is 3.93. The molecule has 0 aromatic carbocycles. The molecule has 2 aliphatic rings. The van der Waals surface area contributed by atoms with Crippen molar-refractivity contribution in [3.63, 3.8) is 0 Å². The first-order valence-electron chi connectivity index (χ1n) is 3.79. The third-order valence-electron chi connectivity index (χ3n) is 2.11. The molecule has 12 heavy (non-hydrogen) atoms. The van der Waals surface area contributed by atoms with Crippen molar-refractivity contribution in [2.45, 2.75) is 5.62 Å². The van der Waals surface area contributed by atoms with Crippen molar-refractivity contribution in [2.24, 2.45) is 4.99 Å². The molecule has 0 aromatic heterocycles. The molecule has 5 heteroatoms. The Balaban J connectivity index is 2.32. The van der Waals surface area contributed by atoms with Gasteiger partial charge >= 0.3 is 0 Å². The second kappa shape index (κ2) is 2.55. The average Bonchev–Trinajstić information content (AvgIpc) is 2.32. The summed E-state index contributed by atoms with van der Waals surface area (Å²) in [4.78, 5) is 8.18. The van der Waals surface area contributed by atoms with Gasteiger partial charge in [0.05, 0.1) is 11.9 Å². The molecule has 1 unspecified atom stereocenters. The molecular formula is C7H11ClN4. The fourth-order valence-electron chi connectivity index (χ4n) is 1.35. The summed E-state index contributed by atoms with van der Waals surface area (Å²) >= 11 is 5.99. The van der Waals surface area contributed by atoms with Crippen LogP contribution in [-0.2, 0) is 0 Å². The Labute approximate surface area is 76.5 Å². The van der Waals surface area contributed by atoms with Crippen LogP contribution < -0.4 is 5.32 Å². The van der Waals surface area contributed by atoms with Crippen LogP contribution in [0.1, 0.15) is 0 Å². The third kappa shape index (κ3) is 0.948. The lowest BCUT2D eigenvalue weighted by Crippen LogP contribution is -2.32. The van der Waals surface area contributed by atoms with Crippen LogP contribution >= 0.6 is 11.6 Å². The predicted molar refractivity (Wildman–Crippen MR) is 48.7 cm³/mol. The maximum Gasteiger partial charge on any atom is 0.178 e. The maximum atomic E-state index is 5.99. The number of aliphatic imine (C=N–C) groups is 1. The Morgan fingerprint density at radius 2 is 2.42 bits per heavy atom. The summed E-state index contributed by atoms with van der Waals surface area (Å²) in [5.74, 6) is 1.06. The largest absolute Gasteiger partial charge is 0.340 e. The van der Waals surface area contributed by atoms with Crippen molar-refractivity contribution >= 4 is 17.8 Å². The highest BCUT2D eigenvalue weighted by Gasteiger charge is 2.29. The molecule has 0 bridgehead atoms. The standard InChI is InChI=1S/C7H11ClN4/c1-11-4-9-3-5-6(11)10-7(8)12(5)2/h3,7,10H,4H2,1-2H3. The summed E-state index contributed by atoms with van der Waals surface area (Å²) in [5, 5.41) is 3.16. The summed E-state index contributed by atoms with van der Waals surface area (Å²) in [6.45, 7) is 0.698. The highest BCUT2D eigenvalue weighted by Crippen LogP contribution is 2.22. The van der Waals surface area contributed by atoms with Gasteiger partial charge in [0, 0.05) is 14.1 Å². The lowest BCUT2D eigenvalue weighted by atomic mass is 10.4. The molecule has 0 spiro atoms. The van der Waals surface area contributed by atoms with Gasteiger partial charge in [0.15, 0.2) is 5.62 Å². The van der Waals surface area contributed by atoms with Gasteiger partial charge < -0.3 is 15.1 Å². The van der Waals surface area contributed by atoms with E-state index in [4.69, 9.17) is 11.6 Å². The molecule has 2 aliphatic heterocycles. The minimum atomic E-state index is -0.151. The fourth-order valence-corrected chi connectivity index (χ4v) is 1.56. The number of alkyl halides is 1. The molecule has 0 aromatic rings. The van der Waals surface area contributed by atoms with E-state index in [0.29, 0.717) is 6.67 Å². The SMILES string of the molecule is CN1CN=CC2=C1NC(Cl)N2C. The first kappa shape index (κ1) is 7.73. The first-order chi connectivity index (χ1) is 5.70. The zero-order valence-electron chi connectivity index (χ0n) is 7.08. The normalized spacial score (nSPS) is 27.8. The molecule has 0 amide bonds. The fraction of sp³-hybridized carbons (Fsp3) is 0.571. The molecule has 2 heterocycles. The lowest BCUT2D eigenvalue weighted by molar-refractivity contribution is 0.389. The smallest absolute Gasteiger partial charge is 0.178 e. The molecule has 1 N–H and O–H groups in total. The first-order valence-corrected chi connectivity index (χ1v) is 4.22. The van der Waals surface area contributed by atoms with E-state index in [1.54, 1.807) is 0 Å². The number of nitrogens with one attached hydrogen (secondary N) is 1. The van der Waals surface area contributed by atoms with Gasteiger partial charge in [-0.15, -0.1) is 0 Å². The minimum absolute atomic E-state index is 0.151. The van der Waals surface area contributed by atoms with Crippen LogP contribution in [0.3, 0.4) is 0 Å². The van der Waals surface area contributed by atoms with Gasteiger partial charge in [-0.05, 0) is 0 Å². The van der Waals surface area contributed by atoms with Crippen LogP contribution in [0.5, 0.6) is 0 Å². The number of halogens is 1. The summed E-state index contributed by atoms with van der Waals surface area (Å²) in [6, 6.07) is 0. The Morgan fingerprint density at radius 1 is 1.67 bits per heavy atom. The second-order valence-corrected chi connectivity index (χ2v) is 3.39. The Morgan fingerprint density at radius 3 is 3.08 bits per heavy atom. The van der Waals surface area contributed by atoms with Crippen LogP contribution in [0.2, 0.25) is 0 Å². The molecule has 0 radical (unpaired) electrons. The molecule has 2 rings (SSSR count). The Kier molecular flexibility index (Phi) is 1.65. The summed E-state index contributed by atoms with van der Waals surface area (Å²) < 4.78 is 0. The predicted octanol–water partition coefficient (Wildman–Crippen LogP) is 0.187. The van der Waals surface area contributed by atoms with E-state index in [-0.39, 0.29) is 5.62 Å². The topological polar surface area (TPSA) is 30.9 Å². The van der Waals surface area contributed by atoms with Gasteiger partial charge in [-0.1, -0.05) is 11.6 Å². The summed E-state index contributed by atoms with van der Waals surface area (Å²) in [6.07, 6.45) is 1.85. The van der Waals surface area contributed by atoms with Gasteiger partial charge in [0.25, 0.3) is 0 Å². The van der Waals surface area contributed by atoms with E-state index in [2.05, 4.69) is 10.3 Å². The summed E-state index contributed by atoms with van der Waals surface area (Å²) in [5.41, 5.74) is 0.908. The van der Waals surface area contributed by atoms with Gasteiger partial charge in [0.2, 0.25) is 0 Å². The lowest BCUT2D eigenvalue weighted by Gasteiger charge is -2.21. The van der Waals surface area contributed by atoms with E-state index in [9.17, 15) is 0 Å². The Bertz CT molecular complexity index is 260. The molecule has 4 nitrogen and oxygen atoms in total. The number of nitrogens with zero attached hydrogens (tertiary/aromatic N) is 3. The van der Waals surface area contributed by atoms with Crippen LogP contribution in [0.25, 0.3) is 0 Å². The van der Waals surface area contributed by atoms with Gasteiger partial charge in [-0.2, -0.15) is 0 Å². The van der Waals surface area contributed by atoms with E-state index in [1.165, 1.54) is 0 Å². The molecule has 0 aliphatic carbocycles. The minimum Gasteiger partial charge on any atom is -0.340 e. The molecule has 66 valence electrons. The zero-order chi connectivity index (χ0) is 8.72. The van der Waals surface area contributed by atoms with E-state index in [0.717, 1.165) is 11.5 Å². The van der Waals surface area contributed by atoms with Crippen LogP contribution in [-0.4, -0.2) is 42.4 Å². The zero-order valence-corrected chi connectivity index (χ0v) is 7.84. The van der Waals surface area contributed by atoms with Crippen molar-refractivity contribution < 1.29 is 0 Å². The molecule has 0 saturated carbocycles. The molecule has 0 saturated heterocycles. The Hall–Kier alpha value is -0.900. The van der Waals surface area contributed by atoms with Crippen molar-refractivity contribution in [1.29, 1.82) is 0 Å². The maximum absolute atomic E-state index is 5.99. The monoisotopic (exact) mass is 186 g/mol. The van der Waals surface area contributed by atoms with Crippen molar-refractivity contribution in [3.05, 3.63) is 11.5 Å². The van der Waals surface area contributed by atoms with E-state index < -0.39 is 0 Å². The van der Waals surface area contributed by atoms with Gasteiger partial charge in [-0.25, -0.2) is 0 Å². The van der Waals surface area contributed by atoms with Gasteiger partial charge in [-0.3, -0.25) is 4.99 Å². The van der Waals surface area contributed by atoms with E-state index in [1.807, 2.05) is 30.1 Å². The number of allylic oxidation sites excluding steroid dienone is 1. The van der Waals surface area contributed by atoms with Crippen LogP contribution in [0, 0.1) is 0 Å². The van der Waals surface area contributed by atoms with Crippen LogP contribution in [0.15, 0.2) is 16.5 Å². The van der Waals surface area contributed by atoms with Crippen molar-refractivity contribution in [3.8, 4) is 0 Å². The van der Waals surface area contributed by atoms with Crippen LogP contribution in [0.4, 0.5) is 0 Å². The number of rotatable bonds is 0. The number of hydrogen-bond donors (Lipinski definition) is 1. The van der Waals surface area contributed by atoms with E-state index >= 15 is 0 Å². The highest BCUT2D eigenvalue weighted by molar-refractivity contribution is 6.20. The quantitative estimate of drug-likeness (QED) is 0.433. The third-order valence-corrected chi connectivity index (χ3v) is 2.51. The molecule has 0 fully saturated rings. The van der Waals surface area contributed by atoms with Crippen molar-refractivity contribution in [1.82, 2.24) is 15.1 Å². The van der Waals surface area contributed by atoms with Crippen molar-refractivity contribution in [2.75, 3.05) is 20.8 Å².